The summed E-state index contributed by atoms with van der Waals surface area (Å²) in [6.45, 7) is 0. The molecular weight excluding hydrogens is 166 g/mol. The maximum absolute atomic E-state index is 10.6. The van der Waals surface area contributed by atoms with Crippen LogP contribution in [0.1, 0.15) is 0 Å². The molecule has 1 aromatic rings. The second-order valence-electron chi connectivity index (χ2n) is 1.97. The molecule has 1 aromatic carbocycles. The first-order valence-corrected chi connectivity index (χ1v) is 4.28. The third kappa shape index (κ3) is 1.69. The molecule has 0 fully saturated rings. The molecule has 0 bridgehead atoms. The monoisotopic (exact) mass is 172 g/mol. The van der Waals surface area contributed by atoms with Gasteiger partial charge < -0.3 is 5.11 Å². The predicted molar refractivity (Wildman–Crippen MR) is 38.4 cm³/mol. The molecule has 0 aliphatic heterocycles. The van der Waals surface area contributed by atoms with Crippen molar-refractivity contribution in [1.29, 1.82) is 0 Å². The molecular formula is C6H6NO3S. The molecule has 5 heteroatoms. The average molecular weight is 172 g/mol. The van der Waals surface area contributed by atoms with E-state index in [4.69, 9.17) is 10.2 Å². The molecule has 0 aromatic heterocycles. The van der Waals surface area contributed by atoms with E-state index < -0.39 is 10.0 Å². The molecule has 0 atom stereocenters. The van der Waals surface area contributed by atoms with E-state index in [0.717, 1.165) is 0 Å². The lowest BCUT2D eigenvalue weighted by molar-refractivity contribution is 0.459. The summed E-state index contributed by atoms with van der Waals surface area (Å²) in [6.07, 6.45) is 0. The Balaban J connectivity index is 3.37. The highest BCUT2D eigenvalue weighted by molar-refractivity contribution is 7.89. The molecule has 1 rings (SSSR count). The van der Waals surface area contributed by atoms with E-state index in [0.29, 0.717) is 0 Å². The van der Waals surface area contributed by atoms with Gasteiger partial charge in [0.05, 0.1) is 0 Å². The Kier molecular flexibility index (Phi) is 1.84. The maximum atomic E-state index is 10.6. The van der Waals surface area contributed by atoms with Gasteiger partial charge >= 0.3 is 0 Å². The number of hydrogen-bond acceptors (Lipinski definition) is 3. The molecule has 4 nitrogen and oxygen atoms in total. The molecule has 11 heavy (non-hydrogen) atoms. The van der Waals surface area contributed by atoms with Crippen LogP contribution in [0.5, 0.6) is 5.75 Å². The number of sulfonamides is 1. The standard InChI is InChI=1S/C6H6NO3S/c7-11(9,10)6-4-2-1-3-5(6)8/h1-4,7-8H. The van der Waals surface area contributed by atoms with Crippen LogP contribution in [0.25, 0.3) is 0 Å². The molecule has 0 aliphatic rings. The number of rotatable bonds is 1. The Bertz CT molecular complexity index is 358. The first-order chi connectivity index (χ1) is 5.02. The van der Waals surface area contributed by atoms with E-state index in [1.165, 1.54) is 24.3 Å². The van der Waals surface area contributed by atoms with Gasteiger partial charge in [-0.1, -0.05) is 12.1 Å². The molecule has 0 aliphatic carbocycles. The first-order valence-electron chi connectivity index (χ1n) is 2.79. The van der Waals surface area contributed by atoms with E-state index in [1.807, 2.05) is 0 Å². The summed E-state index contributed by atoms with van der Waals surface area (Å²) >= 11 is 0. The summed E-state index contributed by atoms with van der Waals surface area (Å²) in [7, 11) is -4.03. The Morgan fingerprint density at radius 1 is 1.27 bits per heavy atom. The second-order valence-corrected chi connectivity index (χ2v) is 3.42. The summed E-state index contributed by atoms with van der Waals surface area (Å²) < 4.78 is 21.1. The summed E-state index contributed by atoms with van der Waals surface area (Å²) in [5, 5.41) is 15.6. The summed E-state index contributed by atoms with van der Waals surface area (Å²) in [6, 6.07) is 5.34. The zero-order valence-corrected chi connectivity index (χ0v) is 6.30. The molecule has 0 saturated carbocycles. The van der Waals surface area contributed by atoms with Crippen LogP contribution < -0.4 is 5.14 Å². The van der Waals surface area contributed by atoms with E-state index in [-0.39, 0.29) is 10.6 Å². The van der Waals surface area contributed by atoms with Gasteiger partial charge in [-0.05, 0) is 12.1 Å². The Labute approximate surface area is 64.3 Å². The normalized spacial score (nSPS) is 11.4. The number of aromatic hydroxyl groups is 1. The van der Waals surface area contributed by atoms with Crippen LogP contribution in [-0.2, 0) is 10.0 Å². The second kappa shape index (κ2) is 2.52. The minimum Gasteiger partial charge on any atom is -0.507 e. The fourth-order valence-electron chi connectivity index (χ4n) is 0.684. The number of benzene rings is 1. The SMILES string of the molecule is [NH]S(=O)(=O)c1ccccc1O. The number of hydrogen-bond donors (Lipinski definition) is 1. The van der Waals surface area contributed by atoms with Crippen LogP contribution in [0.2, 0.25) is 0 Å². The van der Waals surface area contributed by atoms with Gasteiger partial charge in [0.1, 0.15) is 10.6 Å². The quantitative estimate of drug-likeness (QED) is 0.664. The minimum absolute atomic E-state index is 0.361. The van der Waals surface area contributed by atoms with Crippen molar-refractivity contribution in [1.82, 2.24) is 5.14 Å². The molecule has 2 N–H and O–H groups in total. The maximum Gasteiger partial charge on any atom is 0.257 e. The minimum atomic E-state index is -4.03. The highest BCUT2D eigenvalue weighted by Gasteiger charge is 2.12. The zero-order valence-electron chi connectivity index (χ0n) is 5.48. The van der Waals surface area contributed by atoms with Crippen LogP contribution in [0.4, 0.5) is 0 Å². The average Bonchev–Trinajstić information content (AvgIpc) is 1.86. The largest absolute Gasteiger partial charge is 0.507 e. The Morgan fingerprint density at radius 2 is 1.82 bits per heavy atom. The highest BCUT2D eigenvalue weighted by atomic mass is 32.2. The fraction of sp³-hybridized carbons (Fsp3) is 0. The van der Waals surface area contributed by atoms with Gasteiger partial charge in [0.25, 0.3) is 10.0 Å². The number of phenols is 1. The van der Waals surface area contributed by atoms with Crippen molar-refractivity contribution in [2.24, 2.45) is 0 Å². The number of phenolic OH excluding ortho intramolecular Hbond substituents is 1. The van der Waals surface area contributed by atoms with E-state index in [9.17, 15) is 8.42 Å². The Morgan fingerprint density at radius 3 is 2.18 bits per heavy atom. The fourth-order valence-corrected chi connectivity index (χ4v) is 1.29. The van der Waals surface area contributed by atoms with Gasteiger partial charge in [-0.15, -0.1) is 5.14 Å². The predicted octanol–water partition coefficient (Wildman–Crippen LogP) is 0.364. The summed E-state index contributed by atoms with van der Waals surface area (Å²) in [5.41, 5.74) is 0. The lowest BCUT2D eigenvalue weighted by Gasteiger charge is -1.97. The van der Waals surface area contributed by atoms with Gasteiger partial charge in [0.2, 0.25) is 0 Å². The van der Waals surface area contributed by atoms with Crippen molar-refractivity contribution in [3.8, 4) is 5.75 Å². The van der Waals surface area contributed by atoms with Gasteiger partial charge in [-0.25, -0.2) is 8.42 Å². The lowest BCUT2D eigenvalue weighted by atomic mass is 10.3. The summed E-state index contributed by atoms with van der Waals surface area (Å²) in [5.74, 6) is -0.387. The van der Waals surface area contributed by atoms with Crippen molar-refractivity contribution in [2.45, 2.75) is 4.90 Å². The van der Waals surface area contributed by atoms with E-state index >= 15 is 0 Å². The molecule has 0 spiro atoms. The van der Waals surface area contributed by atoms with Gasteiger partial charge in [-0.3, -0.25) is 0 Å². The van der Waals surface area contributed by atoms with Gasteiger partial charge in [0.15, 0.2) is 0 Å². The van der Waals surface area contributed by atoms with Crippen LogP contribution in [0.15, 0.2) is 29.2 Å². The summed E-state index contributed by atoms with van der Waals surface area (Å²) in [4.78, 5) is -0.361. The lowest BCUT2D eigenvalue weighted by Crippen LogP contribution is -2.00. The zero-order chi connectivity index (χ0) is 8.48. The van der Waals surface area contributed by atoms with E-state index in [2.05, 4.69) is 0 Å². The topological polar surface area (TPSA) is 78.2 Å². The third-order valence-corrected chi connectivity index (χ3v) is 2.08. The van der Waals surface area contributed by atoms with Crippen LogP contribution in [0.3, 0.4) is 0 Å². The van der Waals surface area contributed by atoms with Gasteiger partial charge in [0, 0.05) is 0 Å². The van der Waals surface area contributed by atoms with Crippen molar-refractivity contribution in [3.05, 3.63) is 24.3 Å². The van der Waals surface area contributed by atoms with Crippen LogP contribution in [0, 0.1) is 0 Å². The molecule has 1 radical (unpaired) electrons. The van der Waals surface area contributed by atoms with Crippen LogP contribution in [-0.4, -0.2) is 13.5 Å². The van der Waals surface area contributed by atoms with E-state index in [1.54, 1.807) is 0 Å². The number of nitrogens with one attached hydrogen (secondary N) is 1. The smallest absolute Gasteiger partial charge is 0.257 e. The van der Waals surface area contributed by atoms with Crippen LogP contribution >= 0.6 is 0 Å². The van der Waals surface area contributed by atoms with Gasteiger partial charge in [-0.2, -0.15) is 0 Å². The van der Waals surface area contributed by atoms with Crippen molar-refractivity contribution in [3.63, 3.8) is 0 Å². The molecule has 59 valence electrons. The van der Waals surface area contributed by atoms with Crippen molar-refractivity contribution in [2.75, 3.05) is 0 Å². The number of para-hydroxylation sites is 1. The Hall–Kier alpha value is -1.07. The molecule has 0 saturated heterocycles. The molecule has 0 amide bonds. The van der Waals surface area contributed by atoms with Crippen molar-refractivity contribution < 1.29 is 13.5 Å². The molecule has 0 unspecified atom stereocenters. The highest BCUT2D eigenvalue weighted by Crippen LogP contribution is 2.19. The first kappa shape index (κ1) is 8.03. The third-order valence-electron chi connectivity index (χ3n) is 1.15. The van der Waals surface area contributed by atoms with Crippen molar-refractivity contribution >= 4 is 10.0 Å². The molecule has 0 heterocycles.